The Hall–Kier alpha value is -0.830. The molecule has 1 N–H and O–H groups in total. The maximum Gasteiger partial charge on any atom is 0.317 e. The monoisotopic (exact) mass is 209 g/mol. The Morgan fingerprint density at radius 2 is 2.20 bits per heavy atom. The third kappa shape index (κ3) is 1.26. The molecular weight excluding hydrogens is 190 g/mol. The summed E-state index contributed by atoms with van der Waals surface area (Å²) in [6.45, 7) is 9.92. The zero-order chi connectivity index (χ0) is 11.4. The predicted octanol–water partition coefficient (Wildman–Crippen LogP) is 1.75. The zero-order valence-corrected chi connectivity index (χ0v) is 9.87. The molecular formula is C12H19NO2. The van der Waals surface area contributed by atoms with E-state index in [1.807, 2.05) is 0 Å². The van der Waals surface area contributed by atoms with E-state index in [4.69, 9.17) is 5.11 Å². The van der Waals surface area contributed by atoms with E-state index in [-0.39, 0.29) is 12.0 Å². The van der Waals surface area contributed by atoms with Crippen LogP contribution in [0.15, 0.2) is 11.1 Å². The minimum atomic E-state index is -0.719. The van der Waals surface area contributed by atoms with E-state index in [0.29, 0.717) is 12.0 Å². The number of rotatable bonds is 2. The fourth-order valence-electron chi connectivity index (χ4n) is 3.44. The molecule has 3 atom stereocenters. The molecule has 0 aromatic carbocycles. The Kier molecular flexibility index (Phi) is 2.19. The summed E-state index contributed by atoms with van der Waals surface area (Å²) in [6, 6.07) is 0.353. The highest BCUT2D eigenvalue weighted by molar-refractivity contribution is 5.69. The van der Waals surface area contributed by atoms with Crippen LogP contribution in [0.5, 0.6) is 0 Å². The van der Waals surface area contributed by atoms with Gasteiger partial charge in [-0.2, -0.15) is 0 Å². The fraction of sp³-hybridized carbons (Fsp3) is 0.750. The second-order valence-electron chi connectivity index (χ2n) is 5.26. The van der Waals surface area contributed by atoms with Crippen LogP contribution in [0, 0.1) is 11.3 Å². The first-order valence-electron chi connectivity index (χ1n) is 5.51. The van der Waals surface area contributed by atoms with Crippen LogP contribution in [0.4, 0.5) is 0 Å². The van der Waals surface area contributed by atoms with Crippen molar-refractivity contribution < 1.29 is 9.90 Å². The predicted molar refractivity (Wildman–Crippen MR) is 58.6 cm³/mol. The first kappa shape index (κ1) is 10.7. The van der Waals surface area contributed by atoms with Crippen LogP contribution >= 0.6 is 0 Å². The second kappa shape index (κ2) is 3.08. The molecule has 15 heavy (non-hydrogen) atoms. The van der Waals surface area contributed by atoms with Crippen LogP contribution in [-0.2, 0) is 4.79 Å². The molecule has 0 radical (unpaired) electrons. The summed E-state index contributed by atoms with van der Waals surface area (Å²) in [5, 5.41) is 8.87. The molecule has 2 bridgehead atoms. The highest BCUT2D eigenvalue weighted by Gasteiger charge is 2.54. The topological polar surface area (TPSA) is 40.5 Å². The van der Waals surface area contributed by atoms with Gasteiger partial charge in [0.05, 0.1) is 6.54 Å². The molecule has 1 heterocycles. The van der Waals surface area contributed by atoms with E-state index >= 15 is 0 Å². The molecule has 2 aliphatic rings. The standard InChI is InChI=1S/C12H19NO2/c1-7-8(2)12(4)6-13(5-10(14)15)11(7)9(12)3/h9,11H,5-6H2,1-4H3,(H,14,15). The van der Waals surface area contributed by atoms with Gasteiger partial charge in [-0.05, 0) is 19.8 Å². The lowest BCUT2D eigenvalue weighted by molar-refractivity contribution is -0.138. The van der Waals surface area contributed by atoms with Gasteiger partial charge in [-0.3, -0.25) is 9.69 Å². The van der Waals surface area contributed by atoms with E-state index in [2.05, 4.69) is 32.6 Å². The van der Waals surface area contributed by atoms with Gasteiger partial charge >= 0.3 is 5.97 Å². The minimum Gasteiger partial charge on any atom is -0.480 e. The average Bonchev–Trinajstić information content (AvgIpc) is 2.43. The molecule has 0 aromatic heterocycles. The van der Waals surface area contributed by atoms with Gasteiger partial charge in [-0.15, -0.1) is 0 Å². The Bertz CT molecular complexity index is 348. The van der Waals surface area contributed by atoms with E-state index in [9.17, 15) is 4.79 Å². The number of carboxylic acids is 1. The number of aliphatic carboxylic acids is 1. The van der Waals surface area contributed by atoms with Gasteiger partial charge in [0.2, 0.25) is 0 Å². The Morgan fingerprint density at radius 3 is 2.60 bits per heavy atom. The van der Waals surface area contributed by atoms with E-state index in [0.717, 1.165) is 6.54 Å². The molecule has 1 saturated heterocycles. The maximum atomic E-state index is 10.8. The number of hydrogen-bond acceptors (Lipinski definition) is 2. The summed E-state index contributed by atoms with van der Waals surface area (Å²) in [7, 11) is 0. The van der Waals surface area contributed by atoms with Gasteiger partial charge in [0, 0.05) is 18.0 Å². The molecule has 84 valence electrons. The van der Waals surface area contributed by atoms with Gasteiger partial charge in [-0.25, -0.2) is 0 Å². The van der Waals surface area contributed by atoms with Gasteiger partial charge < -0.3 is 5.11 Å². The molecule has 3 nitrogen and oxygen atoms in total. The third-order valence-electron chi connectivity index (χ3n) is 4.63. The molecule has 1 fully saturated rings. The molecule has 1 aliphatic carbocycles. The summed E-state index contributed by atoms with van der Waals surface area (Å²) in [4.78, 5) is 12.9. The van der Waals surface area contributed by atoms with Crippen molar-refractivity contribution in [3.05, 3.63) is 11.1 Å². The summed E-state index contributed by atoms with van der Waals surface area (Å²) < 4.78 is 0. The second-order valence-corrected chi connectivity index (χ2v) is 5.26. The first-order valence-corrected chi connectivity index (χ1v) is 5.51. The van der Waals surface area contributed by atoms with Crippen molar-refractivity contribution in [2.24, 2.45) is 11.3 Å². The third-order valence-corrected chi connectivity index (χ3v) is 4.63. The summed E-state index contributed by atoms with van der Waals surface area (Å²) in [6.07, 6.45) is 0. The van der Waals surface area contributed by atoms with Gasteiger partial charge in [0.25, 0.3) is 0 Å². The number of fused-ring (bicyclic) bond motifs is 2. The Morgan fingerprint density at radius 1 is 1.60 bits per heavy atom. The molecule has 0 amide bonds. The number of hydrogen-bond donors (Lipinski definition) is 1. The smallest absolute Gasteiger partial charge is 0.317 e. The molecule has 3 heteroatoms. The Balaban J connectivity index is 2.30. The zero-order valence-electron chi connectivity index (χ0n) is 9.87. The van der Waals surface area contributed by atoms with Gasteiger partial charge in [0.15, 0.2) is 0 Å². The van der Waals surface area contributed by atoms with Crippen molar-refractivity contribution in [3.8, 4) is 0 Å². The summed E-state index contributed by atoms with van der Waals surface area (Å²) >= 11 is 0. The SMILES string of the molecule is CC1=C(C)C2(C)CN(CC(=O)O)C1C2C. The lowest BCUT2D eigenvalue weighted by atomic mass is 9.79. The van der Waals surface area contributed by atoms with Crippen LogP contribution in [-0.4, -0.2) is 35.1 Å². The normalized spacial score (nSPS) is 40.3. The van der Waals surface area contributed by atoms with Crippen molar-refractivity contribution >= 4 is 5.97 Å². The molecule has 2 rings (SSSR count). The van der Waals surface area contributed by atoms with Crippen molar-refractivity contribution in [2.75, 3.05) is 13.1 Å². The van der Waals surface area contributed by atoms with Crippen LogP contribution < -0.4 is 0 Å². The van der Waals surface area contributed by atoms with Crippen molar-refractivity contribution in [2.45, 2.75) is 33.7 Å². The highest BCUT2D eigenvalue weighted by atomic mass is 16.4. The van der Waals surface area contributed by atoms with Crippen LogP contribution in [0.2, 0.25) is 0 Å². The van der Waals surface area contributed by atoms with Crippen LogP contribution in [0.1, 0.15) is 27.7 Å². The first-order chi connectivity index (χ1) is 6.88. The number of nitrogens with zero attached hydrogens (tertiary/aromatic N) is 1. The van der Waals surface area contributed by atoms with Crippen LogP contribution in [0.3, 0.4) is 0 Å². The van der Waals surface area contributed by atoms with E-state index in [1.165, 1.54) is 11.1 Å². The Labute approximate surface area is 90.8 Å². The van der Waals surface area contributed by atoms with Crippen LogP contribution in [0.25, 0.3) is 0 Å². The largest absolute Gasteiger partial charge is 0.480 e. The molecule has 1 aliphatic heterocycles. The molecule has 0 saturated carbocycles. The summed E-state index contributed by atoms with van der Waals surface area (Å²) in [5.41, 5.74) is 3.06. The highest BCUT2D eigenvalue weighted by Crippen LogP contribution is 2.54. The quantitative estimate of drug-likeness (QED) is 0.704. The maximum absolute atomic E-state index is 10.8. The summed E-state index contributed by atoms with van der Waals surface area (Å²) in [5.74, 6) is -0.166. The fourth-order valence-corrected chi connectivity index (χ4v) is 3.44. The van der Waals surface area contributed by atoms with Crippen molar-refractivity contribution in [1.82, 2.24) is 4.90 Å². The number of carboxylic acid groups (broad SMARTS) is 1. The van der Waals surface area contributed by atoms with Crippen molar-refractivity contribution in [1.29, 1.82) is 0 Å². The minimum absolute atomic E-state index is 0.176. The number of likely N-dealkylation sites (tertiary alicyclic amines) is 1. The number of carbonyl (C=O) groups is 1. The molecule has 3 unspecified atom stereocenters. The van der Waals surface area contributed by atoms with Gasteiger partial charge in [-0.1, -0.05) is 25.0 Å². The van der Waals surface area contributed by atoms with Crippen molar-refractivity contribution in [3.63, 3.8) is 0 Å². The molecule has 0 spiro atoms. The molecule has 0 aromatic rings. The lowest BCUT2D eigenvalue weighted by Gasteiger charge is -2.31. The van der Waals surface area contributed by atoms with Gasteiger partial charge in [0.1, 0.15) is 0 Å². The lowest BCUT2D eigenvalue weighted by Crippen LogP contribution is -2.39. The average molecular weight is 209 g/mol. The van der Waals surface area contributed by atoms with E-state index < -0.39 is 5.97 Å². The van der Waals surface area contributed by atoms with E-state index in [1.54, 1.807) is 0 Å².